The number of hydrogen-bond acceptors (Lipinski definition) is 10. The van der Waals surface area contributed by atoms with E-state index in [0.29, 0.717) is 39.0 Å². The van der Waals surface area contributed by atoms with Crippen molar-refractivity contribution in [2.75, 3.05) is 56.1 Å². The molecule has 3 aromatic heterocycles. The molecule has 0 spiro atoms. The van der Waals surface area contributed by atoms with E-state index in [4.69, 9.17) is 27.8 Å². The molecule has 2 fully saturated rings. The van der Waals surface area contributed by atoms with Gasteiger partial charge in [0.05, 0.1) is 45.6 Å². The van der Waals surface area contributed by atoms with E-state index in [1.165, 1.54) is 42.1 Å². The minimum Gasteiger partial charge on any atom is -0.444 e. The Kier molecular flexibility index (Phi) is 10.9. The average molecular weight is 800 g/mol. The number of benzene rings is 1. The maximum absolute atomic E-state index is 14.1. The number of aromatic nitrogens is 5. The summed E-state index contributed by atoms with van der Waals surface area (Å²) in [5, 5.41) is 6.37. The van der Waals surface area contributed by atoms with Crippen molar-refractivity contribution < 1.29 is 37.1 Å². The molecule has 4 aromatic rings. The van der Waals surface area contributed by atoms with Gasteiger partial charge in [-0.25, -0.2) is 19.4 Å². The van der Waals surface area contributed by atoms with Crippen LogP contribution in [0.1, 0.15) is 60.3 Å². The van der Waals surface area contributed by atoms with Crippen molar-refractivity contribution in [2.45, 2.75) is 45.4 Å². The first-order valence-electron chi connectivity index (χ1n) is 17.7. The highest BCUT2D eigenvalue weighted by Gasteiger charge is 2.39. The number of ether oxygens (including phenoxy) is 1. The van der Waals surface area contributed by atoms with Crippen molar-refractivity contribution in [3.63, 3.8) is 0 Å². The van der Waals surface area contributed by atoms with Gasteiger partial charge in [-0.1, -0.05) is 11.6 Å². The van der Waals surface area contributed by atoms with Crippen LogP contribution >= 0.6 is 11.6 Å². The Balaban J connectivity index is 1.06. The zero-order valence-corrected chi connectivity index (χ0v) is 31.8. The number of nitrogens with zero attached hydrogens (tertiary/aromatic N) is 8. The second kappa shape index (κ2) is 15.4. The van der Waals surface area contributed by atoms with Crippen LogP contribution in [0, 0.1) is 5.92 Å². The van der Waals surface area contributed by atoms with Crippen molar-refractivity contribution in [3.8, 4) is 17.1 Å². The number of piperazine rings is 1. The molecule has 0 unspecified atom stereocenters. The van der Waals surface area contributed by atoms with Crippen LogP contribution in [0.2, 0.25) is 5.02 Å². The van der Waals surface area contributed by atoms with Crippen molar-refractivity contribution in [3.05, 3.63) is 65.0 Å². The average Bonchev–Trinajstić information content (AvgIpc) is 3.76. The minimum atomic E-state index is -4.86. The lowest BCUT2D eigenvalue weighted by molar-refractivity contribution is -0.141. The highest BCUT2D eigenvalue weighted by atomic mass is 35.5. The summed E-state index contributed by atoms with van der Waals surface area (Å²) in [6.45, 7) is 7.53. The Labute approximate surface area is 324 Å². The van der Waals surface area contributed by atoms with Crippen LogP contribution in [-0.2, 0) is 22.8 Å². The van der Waals surface area contributed by atoms with Crippen LogP contribution in [0.25, 0.3) is 17.1 Å². The third-order valence-electron chi connectivity index (χ3n) is 9.47. The predicted octanol–water partition coefficient (Wildman–Crippen LogP) is 4.69. The second-order valence-electron chi connectivity index (χ2n) is 14.5. The molecule has 16 nitrogen and oxygen atoms in total. The van der Waals surface area contributed by atoms with Gasteiger partial charge in [-0.3, -0.25) is 14.4 Å². The number of anilines is 3. The maximum Gasteiger partial charge on any atom is 0.435 e. The number of nitrogen functional groups attached to an aromatic ring is 2. The predicted molar refractivity (Wildman–Crippen MR) is 200 cm³/mol. The first-order valence-corrected chi connectivity index (χ1v) is 18.1. The number of imidazole rings is 1. The number of rotatable bonds is 6. The molecular formula is C36H41ClF3N11O5. The van der Waals surface area contributed by atoms with E-state index in [1.807, 2.05) is 0 Å². The number of piperidine rings is 1. The Hall–Kier alpha value is -5.85. The van der Waals surface area contributed by atoms with Crippen LogP contribution < -0.4 is 16.8 Å². The van der Waals surface area contributed by atoms with E-state index < -0.39 is 23.4 Å². The number of carbonyl (C=O) groups is 4. The summed E-state index contributed by atoms with van der Waals surface area (Å²) in [6.07, 6.45) is -0.770. The fraction of sp³-hybridized carbons (Fsp3) is 0.417. The Morgan fingerprint density at radius 1 is 0.893 bits per heavy atom. The van der Waals surface area contributed by atoms with Crippen molar-refractivity contribution >= 4 is 52.5 Å². The van der Waals surface area contributed by atoms with Gasteiger partial charge in [0, 0.05) is 70.2 Å². The molecule has 0 radical (unpaired) electrons. The largest absolute Gasteiger partial charge is 0.444 e. The third kappa shape index (κ3) is 8.51. The molecule has 5 heterocycles. The molecule has 0 aliphatic carbocycles. The van der Waals surface area contributed by atoms with Crippen molar-refractivity contribution in [1.29, 1.82) is 0 Å². The van der Waals surface area contributed by atoms with Gasteiger partial charge in [-0.05, 0) is 51.8 Å². The number of likely N-dealkylation sites (tertiary alicyclic amines) is 1. The van der Waals surface area contributed by atoms with Crippen LogP contribution in [-0.4, -0.2) is 108 Å². The van der Waals surface area contributed by atoms with Gasteiger partial charge in [0.2, 0.25) is 5.91 Å². The SMILES string of the molecule is Cn1c(-c2cn(-c3cc(N)c(N)cn3)nc2C(F)(F)F)cnc1C(=O)Nc1ccc(C(=O)N2CCN(C(=O)C3CCN(C(=O)OC(C)(C)C)CC3)CC2)c(Cl)c1. The number of pyridine rings is 1. The zero-order valence-electron chi connectivity index (χ0n) is 31.1. The van der Waals surface area contributed by atoms with Crippen LogP contribution in [0.4, 0.5) is 35.0 Å². The lowest BCUT2D eigenvalue weighted by Crippen LogP contribution is -2.53. The van der Waals surface area contributed by atoms with Crippen molar-refractivity contribution in [1.82, 2.24) is 39.0 Å². The molecule has 2 saturated heterocycles. The van der Waals surface area contributed by atoms with E-state index in [-0.39, 0.29) is 87.5 Å². The summed E-state index contributed by atoms with van der Waals surface area (Å²) in [5.74, 6) is -1.55. The monoisotopic (exact) mass is 799 g/mol. The first-order chi connectivity index (χ1) is 26.3. The zero-order chi connectivity index (χ0) is 40.7. The van der Waals surface area contributed by atoms with Gasteiger partial charge in [0.25, 0.3) is 11.8 Å². The fourth-order valence-corrected chi connectivity index (χ4v) is 6.76. The number of hydrogen-bond donors (Lipinski definition) is 3. The Morgan fingerprint density at radius 2 is 1.55 bits per heavy atom. The summed E-state index contributed by atoms with van der Waals surface area (Å²) in [6, 6.07) is 5.60. The Morgan fingerprint density at radius 3 is 2.16 bits per heavy atom. The molecule has 20 heteroatoms. The third-order valence-corrected chi connectivity index (χ3v) is 9.78. The number of alkyl halides is 3. The van der Waals surface area contributed by atoms with Gasteiger partial charge in [-0.15, -0.1) is 0 Å². The first kappa shape index (κ1) is 39.8. The molecule has 2 aliphatic heterocycles. The number of amides is 4. The van der Waals surface area contributed by atoms with E-state index in [9.17, 15) is 32.3 Å². The maximum atomic E-state index is 14.1. The van der Waals surface area contributed by atoms with Gasteiger partial charge >= 0.3 is 12.3 Å². The van der Waals surface area contributed by atoms with E-state index in [2.05, 4.69) is 20.4 Å². The summed E-state index contributed by atoms with van der Waals surface area (Å²) >= 11 is 6.51. The minimum absolute atomic E-state index is 0.00386. The summed E-state index contributed by atoms with van der Waals surface area (Å²) < 4.78 is 49.9. The standard InChI is InChI=1S/C36H41ClF3N11O5/c1-35(2,3)56-34(55)50-9-7-20(8-10-50)32(53)48-11-13-49(14-12-48)33(54)22-6-5-21(15-24(22)37)45-31(52)30-44-18-27(47(30)4)23-19-51(46-29(23)36(38,39)40)28-16-25(41)26(42)17-43-28/h5-6,15-20H,7-14,42H2,1-4H3,(H2,41,43)(H,45,52). The highest BCUT2D eigenvalue weighted by Crippen LogP contribution is 2.37. The number of nitrogens with one attached hydrogen (secondary N) is 1. The lowest BCUT2D eigenvalue weighted by atomic mass is 9.95. The van der Waals surface area contributed by atoms with Crippen molar-refractivity contribution in [2.24, 2.45) is 13.0 Å². The summed E-state index contributed by atoms with van der Waals surface area (Å²) in [7, 11) is 1.38. The molecule has 4 amide bonds. The molecule has 0 saturated carbocycles. The number of nitrogens with two attached hydrogens (primary N) is 2. The topological polar surface area (TPSA) is 200 Å². The molecular weight excluding hydrogens is 759 g/mol. The van der Waals surface area contributed by atoms with Crippen LogP contribution in [0.15, 0.2) is 42.9 Å². The molecule has 0 atom stereocenters. The molecule has 2 aliphatic rings. The molecule has 6 rings (SSSR count). The Bertz CT molecular complexity index is 2170. The molecule has 56 heavy (non-hydrogen) atoms. The summed E-state index contributed by atoms with van der Waals surface area (Å²) in [4.78, 5) is 65.4. The normalized spacial score (nSPS) is 15.5. The smallest absolute Gasteiger partial charge is 0.435 e. The molecule has 1 aromatic carbocycles. The lowest BCUT2D eigenvalue weighted by Gasteiger charge is -2.38. The van der Waals surface area contributed by atoms with Gasteiger partial charge in [0.15, 0.2) is 17.3 Å². The second-order valence-corrected chi connectivity index (χ2v) is 14.9. The molecule has 298 valence electrons. The van der Waals surface area contributed by atoms with E-state index in [1.54, 1.807) is 35.5 Å². The highest BCUT2D eigenvalue weighted by molar-refractivity contribution is 6.34. The van der Waals surface area contributed by atoms with E-state index >= 15 is 0 Å². The number of carbonyl (C=O) groups excluding carboxylic acids is 4. The van der Waals surface area contributed by atoms with Crippen LogP contribution in [0.3, 0.4) is 0 Å². The summed E-state index contributed by atoms with van der Waals surface area (Å²) in [5.41, 5.74) is 9.90. The number of halogens is 4. The molecule has 0 bridgehead atoms. The van der Waals surface area contributed by atoms with E-state index in [0.717, 1.165) is 17.1 Å². The fourth-order valence-electron chi connectivity index (χ4n) is 6.50. The van der Waals surface area contributed by atoms with Crippen LogP contribution in [0.5, 0.6) is 0 Å². The van der Waals surface area contributed by atoms with Gasteiger partial charge in [-0.2, -0.15) is 18.3 Å². The van der Waals surface area contributed by atoms with Gasteiger partial charge in [0.1, 0.15) is 5.60 Å². The molecule has 5 N–H and O–H groups in total. The van der Waals surface area contributed by atoms with Gasteiger partial charge < -0.3 is 40.8 Å². The quantitative estimate of drug-likeness (QED) is 0.246.